The van der Waals surface area contributed by atoms with Crippen LogP contribution in [0.2, 0.25) is 0 Å². The van der Waals surface area contributed by atoms with E-state index in [-0.39, 0.29) is 6.61 Å². The van der Waals surface area contributed by atoms with Crippen LogP contribution in [0.1, 0.15) is 26.2 Å². The van der Waals surface area contributed by atoms with Gasteiger partial charge in [-0.3, -0.25) is 0 Å². The number of rotatable bonds is 9. The van der Waals surface area contributed by atoms with Crippen LogP contribution in [0.25, 0.3) is 0 Å². The average Bonchev–Trinajstić information content (AvgIpc) is 2.38. The van der Waals surface area contributed by atoms with Gasteiger partial charge in [-0.15, -0.1) is 0 Å². The highest BCUT2D eigenvalue weighted by Gasteiger charge is 2.05. The van der Waals surface area contributed by atoms with Gasteiger partial charge < -0.3 is 20.5 Å². The van der Waals surface area contributed by atoms with E-state index in [1.165, 1.54) is 7.11 Å². The van der Waals surface area contributed by atoms with Gasteiger partial charge >= 0.3 is 6.01 Å². The molecule has 0 radical (unpaired) electrons. The molecule has 0 unspecified atom stereocenters. The van der Waals surface area contributed by atoms with Crippen molar-refractivity contribution in [3.63, 3.8) is 0 Å². The third kappa shape index (κ3) is 5.13. The lowest BCUT2D eigenvalue weighted by Gasteiger charge is -2.08. The highest BCUT2D eigenvalue weighted by atomic mass is 16.5. The molecule has 0 saturated carbocycles. The zero-order valence-electron chi connectivity index (χ0n) is 10.9. The number of methoxy groups -OCH3 is 1. The Morgan fingerprint density at radius 2 is 1.78 bits per heavy atom. The van der Waals surface area contributed by atoms with Gasteiger partial charge in [-0.05, 0) is 26.2 Å². The molecule has 0 amide bonds. The standard InChI is InChI=1S/C11H21N5O2/c1-3-12-9-14-10(16-11(15-9)18-2)13-7-5-4-6-8-17/h17H,3-8H2,1-2H3,(H2,12,13,14,15,16). The zero-order chi connectivity index (χ0) is 13.2. The van der Waals surface area contributed by atoms with E-state index in [4.69, 9.17) is 9.84 Å². The van der Waals surface area contributed by atoms with Gasteiger partial charge in [0, 0.05) is 19.7 Å². The third-order valence-corrected chi connectivity index (χ3v) is 2.25. The van der Waals surface area contributed by atoms with E-state index >= 15 is 0 Å². The number of aliphatic hydroxyl groups excluding tert-OH is 1. The number of anilines is 2. The van der Waals surface area contributed by atoms with Gasteiger partial charge in [0.05, 0.1) is 7.11 Å². The van der Waals surface area contributed by atoms with E-state index in [0.29, 0.717) is 17.9 Å². The number of hydrogen-bond acceptors (Lipinski definition) is 7. The first kappa shape index (κ1) is 14.4. The van der Waals surface area contributed by atoms with Crippen LogP contribution in [0.4, 0.5) is 11.9 Å². The van der Waals surface area contributed by atoms with Gasteiger partial charge in [0.15, 0.2) is 0 Å². The van der Waals surface area contributed by atoms with Crippen LogP contribution in [0.3, 0.4) is 0 Å². The van der Waals surface area contributed by atoms with E-state index in [1.54, 1.807) is 0 Å². The molecule has 7 nitrogen and oxygen atoms in total. The molecule has 0 spiro atoms. The molecule has 18 heavy (non-hydrogen) atoms. The highest BCUT2D eigenvalue weighted by molar-refractivity contribution is 5.35. The second-order valence-electron chi connectivity index (χ2n) is 3.71. The molecule has 1 aromatic rings. The minimum Gasteiger partial charge on any atom is -0.467 e. The molecular weight excluding hydrogens is 234 g/mol. The highest BCUT2D eigenvalue weighted by Crippen LogP contribution is 2.10. The lowest BCUT2D eigenvalue weighted by atomic mass is 10.2. The Labute approximate surface area is 107 Å². The SMILES string of the molecule is CCNc1nc(NCCCCCO)nc(OC)n1. The van der Waals surface area contributed by atoms with Crippen LogP contribution in [0.15, 0.2) is 0 Å². The topological polar surface area (TPSA) is 92.2 Å². The van der Waals surface area contributed by atoms with E-state index in [0.717, 1.165) is 32.4 Å². The summed E-state index contributed by atoms with van der Waals surface area (Å²) in [7, 11) is 1.52. The molecule has 0 bridgehead atoms. The third-order valence-electron chi connectivity index (χ3n) is 2.25. The fourth-order valence-electron chi connectivity index (χ4n) is 1.38. The fraction of sp³-hybridized carbons (Fsp3) is 0.727. The number of hydrogen-bond donors (Lipinski definition) is 3. The molecule has 0 fully saturated rings. The monoisotopic (exact) mass is 255 g/mol. The van der Waals surface area contributed by atoms with Crippen molar-refractivity contribution < 1.29 is 9.84 Å². The minimum atomic E-state index is 0.240. The van der Waals surface area contributed by atoms with Gasteiger partial charge in [-0.2, -0.15) is 15.0 Å². The van der Waals surface area contributed by atoms with Gasteiger partial charge in [0.1, 0.15) is 0 Å². The van der Waals surface area contributed by atoms with Crippen molar-refractivity contribution in [2.45, 2.75) is 26.2 Å². The number of aliphatic hydroxyl groups is 1. The first-order chi connectivity index (χ1) is 8.80. The molecule has 1 rings (SSSR count). The summed E-state index contributed by atoms with van der Waals surface area (Å²) < 4.78 is 5.01. The summed E-state index contributed by atoms with van der Waals surface area (Å²) in [4.78, 5) is 12.4. The summed E-state index contributed by atoms with van der Waals surface area (Å²) in [5, 5.41) is 14.8. The Balaban J connectivity index is 2.50. The van der Waals surface area contributed by atoms with Crippen LogP contribution in [-0.2, 0) is 0 Å². The van der Waals surface area contributed by atoms with Crippen molar-refractivity contribution in [3.05, 3.63) is 0 Å². The lowest BCUT2D eigenvalue weighted by molar-refractivity contribution is 0.283. The molecular formula is C11H21N5O2. The maximum Gasteiger partial charge on any atom is 0.322 e. The molecule has 1 aromatic heterocycles. The summed E-state index contributed by atoms with van der Waals surface area (Å²) in [6, 6.07) is 0.291. The molecule has 102 valence electrons. The molecule has 0 aliphatic carbocycles. The number of ether oxygens (including phenoxy) is 1. The van der Waals surface area contributed by atoms with E-state index in [1.807, 2.05) is 6.92 Å². The molecule has 0 aliphatic heterocycles. The molecule has 3 N–H and O–H groups in total. The first-order valence-electron chi connectivity index (χ1n) is 6.18. The zero-order valence-corrected chi connectivity index (χ0v) is 10.9. The second kappa shape index (κ2) is 8.46. The smallest absolute Gasteiger partial charge is 0.322 e. The van der Waals surface area contributed by atoms with E-state index < -0.39 is 0 Å². The number of aromatic nitrogens is 3. The van der Waals surface area contributed by atoms with Gasteiger partial charge in [0.25, 0.3) is 0 Å². The predicted octanol–water partition coefficient (Wildman–Crippen LogP) is 0.886. The maximum atomic E-state index is 8.67. The molecule has 0 atom stereocenters. The Morgan fingerprint density at radius 1 is 1.06 bits per heavy atom. The Morgan fingerprint density at radius 3 is 2.39 bits per heavy atom. The maximum absolute atomic E-state index is 8.67. The minimum absolute atomic E-state index is 0.240. The van der Waals surface area contributed by atoms with E-state index in [2.05, 4.69) is 25.6 Å². The Kier molecular flexibility index (Phi) is 6.78. The summed E-state index contributed by atoms with van der Waals surface area (Å²) in [5.41, 5.74) is 0. The summed E-state index contributed by atoms with van der Waals surface area (Å²) in [6.45, 7) is 3.71. The number of nitrogens with one attached hydrogen (secondary N) is 2. The summed E-state index contributed by atoms with van der Waals surface area (Å²) >= 11 is 0. The number of unbranched alkanes of at least 4 members (excludes halogenated alkanes) is 2. The van der Waals surface area contributed by atoms with Gasteiger partial charge in [-0.25, -0.2) is 0 Å². The fourth-order valence-corrected chi connectivity index (χ4v) is 1.38. The Bertz CT molecular complexity index is 348. The lowest BCUT2D eigenvalue weighted by Crippen LogP contribution is -2.10. The first-order valence-corrected chi connectivity index (χ1v) is 6.18. The van der Waals surface area contributed by atoms with Crippen molar-refractivity contribution in [2.75, 3.05) is 37.4 Å². The second-order valence-corrected chi connectivity index (χ2v) is 3.71. The molecule has 0 saturated heterocycles. The van der Waals surface area contributed by atoms with Crippen LogP contribution in [0.5, 0.6) is 6.01 Å². The van der Waals surface area contributed by atoms with Crippen molar-refractivity contribution in [2.24, 2.45) is 0 Å². The summed E-state index contributed by atoms with van der Waals surface area (Å²) in [6.07, 6.45) is 2.77. The van der Waals surface area contributed by atoms with Crippen molar-refractivity contribution in [1.29, 1.82) is 0 Å². The van der Waals surface area contributed by atoms with Crippen molar-refractivity contribution >= 4 is 11.9 Å². The summed E-state index contributed by atoms with van der Waals surface area (Å²) in [5.74, 6) is 1.00. The van der Waals surface area contributed by atoms with Crippen LogP contribution in [0, 0.1) is 0 Å². The molecule has 7 heteroatoms. The normalized spacial score (nSPS) is 10.2. The molecule has 0 aliphatic rings. The van der Waals surface area contributed by atoms with Crippen molar-refractivity contribution in [3.8, 4) is 6.01 Å². The van der Waals surface area contributed by atoms with Gasteiger partial charge in [-0.1, -0.05) is 0 Å². The van der Waals surface area contributed by atoms with Gasteiger partial charge in [0.2, 0.25) is 11.9 Å². The predicted molar refractivity (Wildman–Crippen MR) is 70.0 cm³/mol. The van der Waals surface area contributed by atoms with E-state index in [9.17, 15) is 0 Å². The molecule has 1 heterocycles. The van der Waals surface area contributed by atoms with Crippen LogP contribution >= 0.6 is 0 Å². The van der Waals surface area contributed by atoms with Crippen LogP contribution in [-0.4, -0.2) is 46.9 Å². The van der Waals surface area contributed by atoms with Crippen LogP contribution < -0.4 is 15.4 Å². The quantitative estimate of drug-likeness (QED) is 0.564. The Hall–Kier alpha value is -1.63. The number of nitrogens with zero attached hydrogens (tertiary/aromatic N) is 3. The molecule has 0 aromatic carbocycles. The van der Waals surface area contributed by atoms with Crippen molar-refractivity contribution in [1.82, 2.24) is 15.0 Å². The largest absolute Gasteiger partial charge is 0.467 e. The average molecular weight is 255 g/mol.